The number of aromatic amines is 1. The van der Waals surface area contributed by atoms with Crippen LogP contribution >= 0.6 is 22.6 Å². The van der Waals surface area contributed by atoms with Crippen LogP contribution in [0.3, 0.4) is 0 Å². The number of hydrogen-bond donors (Lipinski definition) is 2. The van der Waals surface area contributed by atoms with Crippen molar-refractivity contribution < 1.29 is 14.7 Å². The van der Waals surface area contributed by atoms with Crippen LogP contribution in [0.15, 0.2) is 120 Å². The van der Waals surface area contributed by atoms with Gasteiger partial charge < -0.3 is 24.7 Å². The quantitative estimate of drug-likeness (QED) is 0.0808. The number of nitrogens with zero attached hydrogens (tertiary/aromatic N) is 9. The minimum Gasteiger partial charge on any atom is -0.508 e. The third-order valence-corrected chi connectivity index (χ3v) is 14.5. The standard InChI is InChI=1S/C29H30N4O3.C27H29IN6O2/c1-4-27(35)32-17-21(18-32)28-30-26-11-10-20(15-25(26)29(36)33(28)13-7-12-31(2)3)24-16-22(34)14-19-8-5-6-9-23(19)24;1-5-22(35)33-14-18(15-33)26-29-20-10-8-17(13-19(20)27(36)34(26)12-6-11-32(3)4)23-16(2)7-9-21-24(23)25(28)31-30-21/h4-6,8-11,14-16,21,34H,1,7,12-13,17-18H2,2-3H3;5,7-10,13,18H,1,6,11-12,14-15H2,2-4H3,(H,30,31). The number of hydrogen-bond acceptors (Lipinski definition) is 10. The Morgan fingerprint density at radius 2 is 1.22 bits per heavy atom. The van der Waals surface area contributed by atoms with Gasteiger partial charge in [-0.05, 0) is 177 Å². The van der Waals surface area contributed by atoms with E-state index in [0.717, 1.165) is 90.8 Å². The summed E-state index contributed by atoms with van der Waals surface area (Å²) in [4.78, 5) is 69.2. The number of amides is 2. The number of aromatic hydroxyl groups is 1. The van der Waals surface area contributed by atoms with E-state index in [1.165, 1.54) is 12.2 Å². The van der Waals surface area contributed by atoms with Gasteiger partial charge in [0.1, 0.15) is 21.1 Å². The van der Waals surface area contributed by atoms with Gasteiger partial charge >= 0.3 is 0 Å². The molecule has 3 aromatic heterocycles. The molecule has 2 N–H and O–H groups in total. The number of phenolic OH excluding ortho intramolecular Hbond substituents is 1. The third kappa shape index (κ3) is 9.94. The molecule has 2 fully saturated rings. The van der Waals surface area contributed by atoms with Crippen LogP contribution < -0.4 is 11.1 Å². The molecule has 0 bridgehead atoms. The largest absolute Gasteiger partial charge is 0.508 e. The number of carbonyl (C=O) groups is 2. The van der Waals surface area contributed by atoms with E-state index in [1.54, 1.807) is 26.5 Å². The molecule has 2 aliphatic heterocycles. The molecule has 5 aromatic carbocycles. The Kier molecular flexibility index (Phi) is 14.6. The van der Waals surface area contributed by atoms with Crippen molar-refractivity contribution in [3.63, 3.8) is 0 Å². The number of phenols is 1. The Morgan fingerprint density at radius 1 is 0.708 bits per heavy atom. The van der Waals surface area contributed by atoms with Crippen LogP contribution in [-0.2, 0) is 22.7 Å². The topological polar surface area (TPSA) is 166 Å². The van der Waals surface area contributed by atoms with Crippen molar-refractivity contribution >= 4 is 77.9 Å². The molecule has 0 spiro atoms. The summed E-state index contributed by atoms with van der Waals surface area (Å²) in [6, 6.07) is 27.1. The number of halogens is 1. The zero-order valence-corrected chi connectivity index (χ0v) is 43.5. The molecule has 72 heavy (non-hydrogen) atoms. The van der Waals surface area contributed by atoms with Gasteiger partial charge in [0, 0.05) is 44.7 Å². The summed E-state index contributed by atoms with van der Waals surface area (Å²) in [6.45, 7) is 14.2. The maximum absolute atomic E-state index is 13.9. The highest BCUT2D eigenvalue weighted by atomic mass is 127. The molecule has 2 amide bonds. The van der Waals surface area contributed by atoms with Gasteiger partial charge in [-0.15, -0.1) is 0 Å². The Hall–Kier alpha value is -7.02. The number of carbonyl (C=O) groups excluding carboxylic acids is 2. The highest BCUT2D eigenvalue weighted by Gasteiger charge is 2.35. The molecule has 0 unspecified atom stereocenters. The zero-order chi connectivity index (χ0) is 51.0. The van der Waals surface area contributed by atoms with Crippen LogP contribution in [0.4, 0.5) is 0 Å². The lowest BCUT2D eigenvalue weighted by molar-refractivity contribution is -0.131. The first kappa shape index (κ1) is 49.9. The van der Waals surface area contributed by atoms with E-state index >= 15 is 0 Å². The van der Waals surface area contributed by atoms with Crippen LogP contribution in [0.5, 0.6) is 5.75 Å². The van der Waals surface area contributed by atoms with Crippen molar-refractivity contribution in [2.24, 2.45) is 0 Å². The van der Waals surface area contributed by atoms with Gasteiger partial charge in [0.2, 0.25) is 11.8 Å². The molecule has 2 aliphatic rings. The Bertz CT molecular complexity index is 3550. The molecule has 2 saturated heterocycles. The van der Waals surface area contributed by atoms with Gasteiger partial charge in [-0.3, -0.25) is 33.4 Å². The monoisotopic (exact) mass is 1080 g/mol. The van der Waals surface area contributed by atoms with E-state index in [-0.39, 0.29) is 40.5 Å². The van der Waals surface area contributed by atoms with E-state index in [9.17, 15) is 24.3 Å². The van der Waals surface area contributed by atoms with Crippen LogP contribution in [-0.4, -0.2) is 133 Å². The van der Waals surface area contributed by atoms with Crippen molar-refractivity contribution in [3.05, 3.63) is 152 Å². The van der Waals surface area contributed by atoms with E-state index in [2.05, 4.69) is 68.7 Å². The average molecular weight is 1080 g/mol. The predicted molar refractivity (Wildman–Crippen MR) is 295 cm³/mol. The molecule has 5 heterocycles. The SMILES string of the molecule is C=CC(=O)N1CC(c2nc3ccc(-c4c(C)ccc5n[nH]c(I)c45)cc3c(=O)n2CCCN(C)C)C1.C=CC(=O)N1CC(c2nc3ccc(-c4cc(O)cc5ccccc45)cc3c(=O)n2CCCN(C)C)C1. The lowest BCUT2D eigenvalue weighted by Gasteiger charge is -2.39. The minimum atomic E-state index is -0.100. The molecular formula is C56H59IN10O5. The maximum Gasteiger partial charge on any atom is 0.261 e. The van der Waals surface area contributed by atoms with Crippen molar-refractivity contribution in [2.75, 3.05) is 67.5 Å². The molecule has 10 rings (SSSR count). The molecule has 15 nitrogen and oxygen atoms in total. The van der Waals surface area contributed by atoms with Gasteiger partial charge in [-0.2, -0.15) is 5.10 Å². The van der Waals surface area contributed by atoms with Crippen LogP contribution in [0, 0.1) is 10.6 Å². The molecule has 0 aliphatic carbocycles. The Morgan fingerprint density at radius 3 is 1.76 bits per heavy atom. The number of likely N-dealkylation sites (tertiary alicyclic amines) is 2. The summed E-state index contributed by atoms with van der Waals surface area (Å²) >= 11 is 2.27. The van der Waals surface area contributed by atoms with E-state index < -0.39 is 0 Å². The first-order valence-electron chi connectivity index (χ1n) is 24.2. The van der Waals surface area contributed by atoms with Gasteiger partial charge in [0.15, 0.2) is 0 Å². The fourth-order valence-corrected chi connectivity index (χ4v) is 10.6. The minimum absolute atomic E-state index is 0.0139. The summed E-state index contributed by atoms with van der Waals surface area (Å²) in [5.74, 6) is 1.54. The zero-order valence-electron chi connectivity index (χ0n) is 41.4. The van der Waals surface area contributed by atoms with Gasteiger partial charge in [0.05, 0.1) is 39.2 Å². The molecule has 370 valence electrons. The van der Waals surface area contributed by atoms with Crippen LogP contribution in [0.25, 0.3) is 65.7 Å². The molecular weight excluding hydrogens is 1020 g/mol. The summed E-state index contributed by atoms with van der Waals surface area (Å²) in [5.41, 5.74) is 7.01. The lowest BCUT2D eigenvalue weighted by Crippen LogP contribution is -2.49. The van der Waals surface area contributed by atoms with Crippen molar-refractivity contribution in [2.45, 2.75) is 44.7 Å². The van der Waals surface area contributed by atoms with Crippen molar-refractivity contribution in [1.29, 1.82) is 0 Å². The highest BCUT2D eigenvalue weighted by molar-refractivity contribution is 14.1. The number of nitrogens with one attached hydrogen (secondary N) is 1. The number of benzene rings is 5. The number of H-pyrrole nitrogens is 1. The Labute approximate surface area is 431 Å². The predicted octanol–water partition coefficient (Wildman–Crippen LogP) is 7.90. The summed E-state index contributed by atoms with van der Waals surface area (Å²) in [5, 5.41) is 22.0. The van der Waals surface area contributed by atoms with Gasteiger partial charge in [0.25, 0.3) is 11.1 Å². The lowest BCUT2D eigenvalue weighted by atomic mass is 9.95. The van der Waals surface area contributed by atoms with Gasteiger partial charge in [-0.25, -0.2) is 9.97 Å². The third-order valence-electron chi connectivity index (χ3n) is 13.7. The molecule has 8 aromatic rings. The van der Waals surface area contributed by atoms with E-state index in [4.69, 9.17) is 9.97 Å². The fraction of sp³-hybridized carbons (Fsp3) is 0.304. The molecule has 16 heteroatoms. The van der Waals surface area contributed by atoms with E-state index in [0.29, 0.717) is 61.1 Å². The summed E-state index contributed by atoms with van der Waals surface area (Å²) in [7, 11) is 8.08. The number of aromatic nitrogens is 6. The van der Waals surface area contributed by atoms with Crippen LogP contribution in [0.2, 0.25) is 0 Å². The second-order valence-electron chi connectivity index (χ2n) is 19.3. The maximum atomic E-state index is 13.9. The molecule has 0 atom stereocenters. The number of fused-ring (bicyclic) bond motifs is 4. The van der Waals surface area contributed by atoms with E-state index in [1.807, 2.05) is 99.5 Å². The smallest absolute Gasteiger partial charge is 0.261 e. The highest BCUT2D eigenvalue weighted by Crippen LogP contribution is 2.37. The molecule has 0 saturated carbocycles. The molecule has 0 radical (unpaired) electrons. The summed E-state index contributed by atoms with van der Waals surface area (Å²) < 4.78 is 4.58. The number of aryl methyl sites for hydroxylation is 1. The van der Waals surface area contributed by atoms with Gasteiger partial charge in [-0.1, -0.05) is 55.6 Å². The van der Waals surface area contributed by atoms with Crippen molar-refractivity contribution in [1.82, 2.24) is 48.9 Å². The fourth-order valence-electron chi connectivity index (χ4n) is 9.93. The Balaban J connectivity index is 0.000000178. The first-order valence-corrected chi connectivity index (χ1v) is 25.3. The first-order chi connectivity index (χ1) is 34.6. The number of rotatable bonds is 14. The van der Waals surface area contributed by atoms with Crippen molar-refractivity contribution in [3.8, 4) is 28.0 Å². The normalized spacial score (nSPS) is 14.0. The second kappa shape index (κ2) is 21.0. The average Bonchev–Trinajstić information content (AvgIpc) is 3.71. The summed E-state index contributed by atoms with van der Waals surface area (Å²) in [6.07, 6.45) is 4.30. The second-order valence-corrected chi connectivity index (χ2v) is 20.4. The van der Waals surface area contributed by atoms with Crippen LogP contribution in [0.1, 0.15) is 41.9 Å².